The van der Waals surface area contributed by atoms with Crippen LogP contribution in [0.2, 0.25) is 0 Å². The van der Waals surface area contributed by atoms with Crippen LogP contribution < -0.4 is 0 Å². The van der Waals surface area contributed by atoms with Crippen molar-refractivity contribution in [1.29, 1.82) is 0 Å². The summed E-state index contributed by atoms with van der Waals surface area (Å²) in [5.41, 5.74) is 0.123. The van der Waals surface area contributed by atoms with Gasteiger partial charge in [0.15, 0.2) is 0 Å². The zero-order valence-electron chi connectivity index (χ0n) is 28.3. The van der Waals surface area contributed by atoms with Crippen molar-refractivity contribution in [3.05, 3.63) is 0 Å². The fraction of sp³-hybridized carbons (Fsp3) is 0.946. The summed E-state index contributed by atoms with van der Waals surface area (Å²) >= 11 is 0. The van der Waals surface area contributed by atoms with Crippen LogP contribution in [0, 0.1) is 23.2 Å². The van der Waals surface area contributed by atoms with Gasteiger partial charge in [-0.1, -0.05) is 163 Å². The molecule has 0 fully saturated rings. The van der Waals surface area contributed by atoms with Crippen LogP contribution in [0.3, 0.4) is 0 Å². The molecule has 0 bridgehead atoms. The van der Waals surface area contributed by atoms with Gasteiger partial charge in [-0.3, -0.25) is 9.59 Å². The maximum Gasteiger partial charge on any atom is 0.303 e. The molecule has 244 valence electrons. The monoisotopic (exact) mass is 581 g/mol. The Balaban J connectivity index is 4.68. The lowest BCUT2D eigenvalue weighted by Gasteiger charge is -2.42. The van der Waals surface area contributed by atoms with Gasteiger partial charge in [0.1, 0.15) is 0 Å². The molecule has 0 aromatic heterocycles. The van der Waals surface area contributed by atoms with Crippen molar-refractivity contribution in [1.82, 2.24) is 0 Å². The molecule has 0 aliphatic carbocycles. The quantitative estimate of drug-likeness (QED) is 0.0800. The molecule has 3 atom stereocenters. The lowest BCUT2D eigenvalue weighted by atomic mass is 9.62. The van der Waals surface area contributed by atoms with Crippen molar-refractivity contribution in [2.24, 2.45) is 23.2 Å². The molecule has 0 heterocycles. The third kappa shape index (κ3) is 22.2. The normalized spacial score (nSPS) is 15.3. The fourth-order valence-electron chi connectivity index (χ4n) is 7.14. The third-order valence-corrected chi connectivity index (χ3v) is 9.95. The lowest BCUT2D eigenvalue weighted by molar-refractivity contribution is -0.140. The molecule has 0 radical (unpaired) electrons. The Morgan fingerprint density at radius 2 is 0.927 bits per heavy atom. The molecule has 0 aliphatic rings. The van der Waals surface area contributed by atoms with Crippen LogP contribution in [0.25, 0.3) is 0 Å². The first-order chi connectivity index (χ1) is 19.7. The molecule has 0 aliphatic heterocycles. The minimum absolute atomic E-state index is 0.123. The molecule has 0 rings (SSSR count). The van der Waals surface area contributed by atoms with E-state index in [0.29, 0.717) is 12.8 Å². The summed E-state index contributed by atoms with van der Waals surface area (Å²) in [7, 11) is 0. The number of hydrogen-bond acceptors (Lipinski definition) is 2. The molecular weight excluding hydrogens is 508 g/mol. The van der Waals surface area contributed by atoms with Crippen molar-refractivity contribution in [2.75, 3.05) is 0 Å². The highest BCUT2D eigenvalue weighted by Crippen LogP contribution is 2.47. The predicted molar refractivity (Wildman–Crippen MR) is 177 cm³/mol. The summed E-state index contributed by atoms with van der Waals surface area (Å²) in [5.74, 6) is 0.447. The van der Waals surface area contributed by atoms with Gasteiger partial charge in [0.2, 0.25) is 0 Å². The summed E-state index contributed by atoms with van der Waals surface area (Å²) < 4.78 is 0. The van der Waals surface area contributed by atoms with Crippen LogP contribution >= 0.6 is 0 Å². The lowest BCUT2D eigenvalue weighted by Crippen LogP contribution is -2.34. The maximum atomic E-state index is 12.1. The molecule has 2 N–H and O–H groups in total. The Bertz CT molecular complexity index is 598. The minimum atomic E-state index is -0.672. The van der Waals surface area contributed by atoms with Gasteiger partial charge in [0.25, 0.3) is 0 Å². The predicted octanol–water partition coefficient (Wildman–Crippen LogP) is 12.2. The molecule has 4 nitrogen and oxygen atoms in total. The maximum absolute atomic E-state index is 12.1. The summed E-state index contributed by atoms with van der Waals surface area (Å²) in [6.07, 6.45) is 30.1. The number of rotatable bonds is 31. The van der Waals surface area contributed by atoms with E-state index in [1.54, 1.807) is 0 Å². The number of carbonyl (C=O) groups is 2. The van der Waals surface area contributed by atoms with Crippen molar-refractivity contribution < 1.29 is 19.8 Å². The van der Waals surface area contributed by atoms with Gasteiger partial charge in [-0.25, -0.2) is 0 Å². The van der Waals surface area contributed by atoms with E-state index in [2.05, 4.69) is 34.6 Å². The first kappa shape index (κ1) is 39.9. The number of unbranched alkanes of at least 4 members (excludes halogenated alkanes) is 14. The smallest absolute Gasteiger partial charge is 0.303 e. The molecule has 0 aromatic carbocycles. The van der Waals surface area contributed by atoms with Gasteiger partial charge in [-0.05, 0) is 48.9 Å². The van der Waals surface area contributed by atoms with Gasteiger partial charge in [-0.2, -0.15) is 0 Å². The van der Waals surface area contributed by atoms with E-state index < -0.39 is 11.9 Å². The Morgan fingerprint density at radius 3 is 1.27 bits per heavy atom. The van der Waals surface area contributed by atoms with Crippen molar-refractivity contribution in [2.45, 2.75) is 202 Å². The van der Waals surface area contributed by atoms with Gasteiger partial charge in [0.05, 0.1) is 0 Å². The first-order valence-corrected chi connectivity index (χ1v) is 18.2. The minimum Gasteiger partial charge on any atom is -0.481 e. The molecule has 0 saturated carbocycles. The number of carboxylic acids is 2. The van der Waals surface area contributed by atoms with E-state index >= 15 is 0 Å². The highest BCUT2D eigenvalue weighted by Gasteiger charge is 2.38. The second-order valence-corrected chi connectivity index (χ2v) is 13.7. The van der Waals surface area contributed by atoms with E-state index in [9.17, 15) is 14.7 Å². The summed E-state index contributed by atoms with van der Waals surface area (Å²) in [6, 6.07) is 0. The Kier molecular flexibility index (Phi) is 25.9. The molecule has 3 unspecified atom stereocenters. The Labute approximate surface area is 256 Å². The molecule has 0 spiro atoms. The third-order valence-electron chi connectivity index (χ3n) is 9.95. The standard InChI is InChI=1S/C37H72O4/c1-6-10-25-32(8-3)30-37(5,31-33(9-4)26-11-7-2)34(29-36(40)41)27-23-21-19-17-15-13-12-14-16-18-20-22-24-28-35(38)39/h32-34H,6-31H2,1-5H3,(H,38,39)(H,40,41). The highest BCUT2D eigenvalue weighted by atomic mass is 16.4. The van der Waals surface area contributed by atoms with E-state index in [1.807, 2.05) is 0 Å². The fourth-order valence-corrected chi connectivity index (χ4v) is 7.14. The van der Waals surface area contributed by atoms with E-state index in [0.717, 1.165) is 31.1 Å². The van der Waals surface area contributed by atoms with Gasteiger partial charge >= 0.3 is 11.9 Å². The molecule has 0 aromatic rings. The number of hydrogen-bond donors (Lipinski definition) is 2. The highest BCUT2D eigenvalue weighted by molar-refractivity contribution is 5.67. The Hall–Kier alpha value is -1.06. The van der Waals surface area contributed by atoms with E-state index in [1.165, 1.54) is 135 Å². The van der Waals surface area contributed by atoms with Gasteiger partial charge in [-0.15, -0.1) is 0 Å². The first-order valence-electron chi connectivity index (χ1n) is 18.2. The Morgan fingerprint density at radius 1 is 0.537 bits per heavy atom. The van der Waals surface area contributed by atoms with E-state index in [-0.39, 0.29) is 11.3 Å². The second kappa shape index (κ2) is 26.6. The zero-order chi connectivity index (χ0) is 30.8. The SMILES string of the molecule is CCCCC(CC)CC(C)(CC(CC)CCCC)C(CCCCCCCCCCCCCCCC(=O)O)CC(=O)O. The summed E-state index contributed by atoms with van der Waals surface area (Å²) in [4.78, 5) is 22.6. The zero-order valence-corrected chi connectivity index (χ0v) is 28.3. The van der Waals surface area contributed by atoms with Crippen LogP contribution in [0.4, 0.5) is 0 Å². The summed E-state index contributed by atoms with van der Waals surface area (Å²) in [6.45, 7) is 11.7. The van der Waals surface area contributed by atoms with E-state index in [4.69, 9.17) is 5.11 Å². The van der Waals surface area contributed by atoms with Gasteiger partial charge in [0, 0.05) is 12.8 Å². The summed E-state index contributed by atoms with van der Waals surface area (Å²) in [5, 5.41) is 18.6. The topological polar surface area (TPSA) is 74.6 Å². The van der Waals surface area contributed by atoms with Crippen LogP contribution in [0.15, 0.2) is 0 Å². The average molecular weight is 581 g/mol. The molecule has 0 amide bonds. The largest absolute Gasteiger partial charge is 0.481 e. The second-order valence-electron chi connectivity index (χ2n) is 13.7. The molecular formula is C37H72O4. The van der Waals surface area contributed by atoms with Crippen molar-refractivity contribution in [3.63, 3.8) is 0 Å². The number of aliphatic carboxylic acids is 2. The van der Waals surface area contributed by atoms with Crippen molar-refractivity contribution in [3.8, 4) is 0 Å². The van der Waals surface area contributed by atoms with Crippen LogP contribution in [-0.2, 0) is 9.59 Å². The van der Waals surface area contributed by atoms with Crippen molar-refractivity contribution >= 4 is 11.9 Å². The number of carboxylic acid groups (broad SMARTS) is 2. The van der Waals surface area contributed by atoms with Crippen LogP contribution in [0.1, 0.15) is 202 Å². The molecule has 41 heavy (non-hydrogen) atoms. The average Bonchev–Trinajstić information content (AvgIpc) is 2.94. The molecule has 0 saturated heterocycles. The van der Waals surface area contributed by atoms with Crippen LogP contribution in [0.5, 0.6) is 0 Å². The van der Waals surface area contributed by atoms with Gasteiger partial charge < -0.3 is 10.2 Å². The van der Waals surface area contributed by atoms with Crippen LogP contribution in [-0.4, -0.2) is 22.2 Å². The molecule has 4 heteroatoms.